The van der Waals surface area contributed by atoms with Crippen molar-refractivity contribution in [3.8, 4) is 0 Å². The summed E-state index contributed by atoms with van der Waals surface area (Å²) in [5.74, 6) is 0.519. The fourth-order valence-corrected chi connectivity index (χ4v) is 1.79. The maximum absolute atomic E-state index is 12.1. The van der Waals surface area contributed by atoms with Gasteiger partial charge in [-0.2, -0.15) is 0 Å². The molecule has 0 spiro atoms. The molecule has 0 saturated carbocycles. The standard InChI is InChI=1S/C15H18N4O/c1-3-17-14-6-4-5-13(19-14)15(20)18-10-12-9-16-8-7-11(12)2/h4-9H,3,10H2,1-2H3,(H,17,19)(H,18,20). The molecule has 2 aromatic rings. The van der Waals surface area contributed by atoms with E-state index in [1.165, 1.54) is 0 Å². The largest absolute Gasteiger partial charge is 0.370 e. The quantitative estimate of drug-likeness (QED) is 0.873. The highest BCUT2D eigenvalue weighted by atomic mass is 16.1. The minimum Gasteiger partial charge on any atom is -0.370 e. The van der Waals surface area contributed by atoms with Crippen LogP contribution in [0.3, 0.4) is 0 Å². The van der Waals surface area contributed by atoms with Crippen molar-refractivity contribution in [2.75, 3.05) is 11.9 Å². The summed E-state index contributed by atoms with van der Waals surface area (Å²) < 4.78 is 0. The van der Waals surface area contributed by atoms with Gasteiger partial charge in [0.1, 0.15) is 11.5 Å². The highest BCUT2D eigenvalue weighted by molar-refractivity contribution is 5.92. The van der Waals surface area contributed by atoms with Crippen LogP contribution in [0, 0.1) is 6.92 Å². The first-order chi connectivity index (χ1) is 9.70. The van der Waals surface area contributed by atoms with Crippen molar-refractivity contribution >= 4 is 11.7 Å². The molecule has 0 unspecified atom stereocenters. The number of aromatic nitrogens is 2. The van der Waals surface area contributed by atoms with Crippen LogP contribution in [0.2, 0.25) is 0 Å². The van der Waals surface area contributed by atoms with Gasteiger partial charge >= 0.3 is 0 Å². The van der Waals surface area contributed by atoms with Crippen LogP contribution < -0.4 is 10.6 Å². The second-order valence-electron chi connectivity index (χ2n) is 4.42. The highest BCUT2D eigenvalue weighted by Gasteiger charge is 2.08. The maximum Gasteiger partial charge on any atom is 0.270 e. The summed E-state index contributed by atoms with van der Waals surface area (Å²) in [6, 6.07) is 7.28. The van der Waals surface area contributed by atoms with E-state index < -0.39 is 0 Å². The summed E-state index contributed by atoms with van der Waals surface area (Å²) in [5, 5.41) is 5.94. The molecule has 2 rings (SSSR count). The molecule has 0 radical (unpaired) electrons. The lowest BCUT2D eigenvalue weighted by Crippen LogP contribution is -2.24. The van der Waals surface area contributed by atoms with E-state index in [1.807, 2.05) is 32.0 Å². The van der Waals surface area contributed by atoms with Crippen molar-refractivity contribution < 1.29 is 4.79 Å². The average Bonchev–Trinajstić information content (AvgIpc) is 2.47. The van der Waals surface area contributed by atoms with Crippen molar-refractivity contribution in [1.82, 2.24) is 15.3 Å². The maximum atomic E-state index is 12.1. The molecule has 5 nitrogen and oxygen atoms in total. The van der Waals surface area contributed by atoms with Crippen LogP contribution in [0.5, 0.6) is 0 Å². The van der Waals surface area contributed by atoms with Gasteiger partial charge in [0.2, 0.25) is 0 Å². The molecule has 0 fully saturated rings. The molecular weight excluding hydrogens is 252 g/mol. The van der Waals surface area contributed by atoms with Crippen LogP contribution >= 0.6 is 0 Å². The molecule has 2 N–H and O–H groups in total. The van der Waals surface area contributed by atoms with Crippen molar-refractivity contribution in [2.45, 2.75) is 20.4 Å². The second-order valence-corrected chi connectivity index (χ2v) is 4.42. The SMILES string of the molecule is CCNc1cccc(C(=O)NCc2cnccc2C)n1. The van der Waals surface area contributed by atoms with Crippen molar-refractivity contribution in [3.05, 3.63) is 53.5 Å². The fourth-order valence-electron chi connectivity index (χ4n) is 1.79. The first-order valence-corrected chi connectivity index (χ1v) is 6.59. The Kier molecular flexibility index (Phi) is 4.65. The molecule has 0 saturated heterocycles. The van der Waals surface area contributed by atoms with Crippen LogP contribution in [-0.2, 0) is 6.54 Å². The third kappa shape index (κ3) is 3.54. The minimum atomic E-state index is -0.187. The number of carbonyl (C=O) groups excluding carboxylic acids is 1. The molecule has 0 aliphatic rings. The van der Waals surface area contributed by atoms with Gasteiger partial charge in [0, 0.05) is 25.5 Å². The number of nitrogens with one attached hydrogen (secondary N) is 2. The number of rotatable bonds is 5. The van der Waals surface area contributed by atoms with Crippen molar-refractivity contribution in [3.63, 3.8) is 0 Å². The molecular formula is C15H18N4O. The number of pyridine rings is 2. The topological polar surface area (TPSA) is 66.9 Å². The third-order valence-corrected chi connectivity index (χ3v) is 2.93. The molecule has 20 heavy (non-hydrogen) atoms. The molecule has 104 valence electrons. The van der Waals surface area contributed by atoms with E-state index in [9.17, 15) is 4.79 Å². The lowest BCUT2D eigenvalue weighted by atomic mass is 10.1. The first kappa shape index (κ1) is 14.0. The molecule has 1 amide bonds. The van der Waals surface area contributed by atoms with Crippen LogP contribution in [0.1, 0.15) is 28.5 Å². The van der Waals surface area contributed by atoms with Gasteiger partial charge in [-0.25, -0.2) is 4.98 Å². The number of nitrogens with zero attached hydrogens (tertiary/aromatic N) is 2. The van der Waals surface area contributed by atoms with E-state index in [-0.39, 0.29) is 5.91 Å². The molecule has 0 atom stereocenters. The molecule has 5 heteroatoms. The number of hydrogen-bond acceptors (Lipinski definition) is 4. The smallest absolute Gasteiger partial charge is 0.270 e. The third-order valence-electron chi connectivity index (χ3n) is 2.93. The predicted octanol–water partition coefficient (Wildman–Crippen LogP) is 2.15. The zero-order valence-corrected chi connectivity index (χ0v) is 11.7. The van der Waals surface area contributed by atoms with Crippen LogP contribution in [0.25, 0.3) is 0 Å². The van der Waals surface area contributed by atoms with Gasteiger partial charge in [0.25, 0.3) is 5.91 Å². The van der Waals surface area contributed by atoms with Gasteiger partial charge in [-0.3, -0.25) is 9.78 Å². The monoisotopic (exact) mass is 270 g/mol. The van der Waals surface area contributed by atoms with Crippen LogP contribution in [-0.4, -0.2) is 22.4 Å². The molecule has 0 aliphatic carbocycles. The van der Waals surface area contributed by atoms with Gasteiger partial charge in [0.05, 0.1) is 0 Å². The molecule has 0 aliphatic heterocycles. The highest BCUT2D eigenvalue weighted by Crippen LogP contribution is 2.07. The summed E-state index contributed by atoms with van der Waals surface area (Å²) in [7, 11) is 0. The van der Waals surface area contributed by atoms with E-state index in [1.54, 1.807) is 18.5 Å². The molecule has 0 bridgehead atoms. The van der Waals surface area contributed by atoms with Crippen LogP contribution in [0.15, 0.2) is 36.7 Å². The molecule has 2 heterocycles. The Balaban J connectivity index is 2.01. The van der Waals surface area contributed by atoms with Gasteiger partial charge < -0.3 is 10.6 Å². The van der Waals surface area contributed by atoms with Crippen molar-refractivity contribution in [2.24, 2.45) is 0 Å². The zero-order chi connectivity index (χ0) is 14.4. The van der Waals surface area contributed by atoms with Crippen molar-refractivity contribution in [1.29, 1.82) is 0 Å². The number of aryl methyl sites for hydroxylation is 1. The van der Waals surface area contributed by atoms with Crippen LogP contribution in [0.4, 0.5) is 5.82 Å². The Morgan fingerprint density at radius 1 is 1.30 bits per heavy atom. The Labute approximate surface area is 118 Å². The summed E-state index contributed by atoms with van der Waals surface area (Å²) in [5.41, 5.74) is 2.52. The first-order valence-electron chi connectivity index (χ1n) is 6.59. The average molecular weight is 270 g/mol. The lowest BCUT2D eigenvalue weighted by molar-refractivity contribution is 0.0946. The Morgan fingerprint density at radius 3 is 2.90 bits per heavy atom. The van der Waals surface area contributed by atoms with E-state index in [2.05, 4.69) is 20.6 Å². The summed E-state index contributed by atoms with van der Waals surface area (Å²) in [4.78, 5) is 20.4. The normalized spacial score (nSPS) is 10.1. The number of amides is 1. The van der Waals surface area contributed by atoms with Gasteiger partial charge in [-0.15, -0.1) is 0 Å². The Morgan fingerprint density at radius 2 is 2.15 bits per heavy atom. The summed E-state index contributed by atoms with van der Waals surface area (Å²) in [6.45, 7) is 5.20. The number of hydrogen-bond donors (Lipinski definition) is 2. The second kappa shape index (κ2) is 6.65. The number of carbonyl (C=O) groups is 1. The zero-order valence-electron chi connectivity index (χ0n) is 11.7. The van der Waals surface area contributed by atoms with Gasteiger partial charge in [0.15, 0.2) is 0 Å². The van der Waals surface area contributed by atoms with E-state index in [0.29, 0.717) is 18.1 Å². The van der Waals surface area contributed by atoms with E-state index in [4.69, 9.17) is 0 Å². The fraction of sp³-hybridized carbons (Fsp3) is 0.267. The Bertz CT molecular complexity index is 598. The Hall–Kier alpha value is -2.43. The van der Waals surface area contributed by atoms with E-state index in [0.717, 1.165) is 17.7 Å². The number of anilines is 1. The van der Waals surface area contributed by atoms with Gasteiger partial charge in [-0.05, 0) is 43.2 Å². The molecule has 2 aromatic heterocycles. The predicted molar refractivity (Wildman–Crippen MR) is 78.5 cm³/mol. The molecule has 0 aromatic carbocycles. The van der Waals surface area contributed by atoms with E-state index >= 15 is 0 Å². The summed E-state index contributed by atoms with van der Waals surface area (Å²) in [6.07, 6.45) is 3.50. The lowest BCUT2D eigenvalue weighted by Gasteiger charge is -2.08. The van der Waals surface area contributed by atoms with Gasteiger partial charge in [-0.1, -0.05) is 6.07 Å². The summed E-state index contributed by atoms with van der Waals surface area (Å²) >= 11 is 0. The minimum absolute atomic E-state index is 0.187.